The molecule has 0 bridgehead atoms. The molecule has 11 N–H and O–H groups in total. The second-order valence-electron chi connectivity index (χ2n) is 30.4. The van der Waals surface area contributed by atoms with Crippen molar-refractivity contribution in [2.45, 2.75) is 163 Å². The van der Waals surface area contributed by atoms with Crippen LogP contribution in [0.15, 0.2) is 0 Å². The van der Waals surface area contributed by atoms with E-state index in [0.29, 0.717) is 124 Å². The highest BCUT2D eigenvalue weighted by atomic mass is 16.5. The van der Waals surface area contributed by atoms with E-state index in [9.17, 15) is 15.3 Å². The lowest BCUT2D eigenvalue weighted by atomic mass is 10.2. The lowest BCUT2D eigenvalue weighted by molar-refractivity contribution is -0.0657. The molecule has 37 nitrogen and oxygen atoms in total. The van der Waals surface area contributed by atoms with E-state index in [1.165, 1.54) is 12.8 Å². The molecule has 0 aromatic carbocycles. The summed E-state index contributed by atoms with van der Waals surface area (Å²) in [5.74, 6) is 0. The third-order valence-electron chi connectivity index (χ3n) is 19.1. The average molecular weight is 1860 g/mol. The molecular formula is C90H207N11O26. The number of methoxy groups -OCH3 is 3. The standard InChI is InChI=1S/C15H32N2O4.C12H26N2O2.C11H26N2O2.C11H23NO5.C10H21NO4.C9H21NO3.C8H19NO4.C6H15NO2.4C2H6/c1-4-15(18)13-21-9-6-16(2)5-8-19-11-14-12-20-10-7-17(14)3;1-4-5-13(2)6-8-15-10-12-11-16-9-7-14(12)3;1-4-5-12(2)7-10-15-11-8-13(3)6-9-14;1-15-8-11(14)9-17-7-10-6-16-5-3-12(10)2-4-13;1-11-3-4-14-5-9(11)6-15-8-10(12)7-13-2;1-3-9(12)8-13-7-5-10(2)4-6-11;1-9(2-4-10)3-5-13-7-8(12)6-11;1-7(3-5-8)4-6-9-2;4*1-2/h14-15,18H,4-13H2,1-3H3;12H,4-11H2,1-3H3;14H,4-11H2,1-3H3;10-11,13-14H,2-9H2,1H3;9-10,12H,3-8H2,1-2H3;9,11-12H,3-8H2,1-2H3;8,10-12H,2-7H2,1H3;8H,3-6H2,1-2H3;4*1-2H3. The van der Waals surface area contributed by atoms with E-state index in [4.69, 9.17) is 112 Å². The average Bonchev–Trinajstić information content (AvgIpc) is 0.846. The summed E-state index contributed by atoms with van der Waals surface area (Å²) in [7, 11) is 25.1. The van der Waals surface area contributed by atoms with Gasteiger partial charge >= 0.3 is 0 Å². The fourth-order valence-corrected chi connectivity index (χ4v) is 10.7. The Morgan fingerprint density at radius 1 is 0.291 bits per heavy atom. The molecule has 0 aliphatic carbocycles. The number of β-amino-alcohol motifs (C(OH)–C–C–N with tert-alkyl or cyclic N) is 1. The second kappa shape index (κ2) is 113. The van der Waals surface area contributed by atoms with Gasteiger partial charge in [0.15, 0.2) is 0 Å². The lowest BCUT2D eigenvalue weighted by Gasteiger charge is -2.34. The van der Waals surface area contributed by atoms with E-state index in [1.807, 2.05) is 112 Å². The fourth-order valence-electron chi connectivity index (χ4n) is 10.7. The van der Waals surface area contributed by atoms with Gasteiger partial charge in [-0.1, -0.05) is 83.1 Å². The number of nitrogens with zero attached hydrogens (tertiary/aromatic N) is 11. The molecule has 4 rings (SSSR count). The third-order valence-corrected chi connectivity index (χ3v) is 19.1. The number of aliphatic hydroxyl groups excluding tert-OH is 11. The van der Waals surface area contributed by atoms with Crippen LogP contribution in [-0.2, 0) is 71.1 Å². The van der Waals surface area contributed by atoms with Crippen molar-refractivity contribution in [2.75, 3.05) is 434 Å². The van der Waals surface area contributed by atoms with Crippen molar-refractivity contribution in [3.05, 3.63) is 0 Å². The first-order valence-electron chi connectivity index (χ1n) is 47.4. The highest BCUT2D eigenvalue weighted by molar-refractivity contribution is 4.77. The molecule has 37 heteroatoms. The Morgan fingerprint density at radius 2 is 0.551 bits per heavy atom. The molecule has 0 saturated carbocycles. The summed E-state index contributed by atoms with van der Waals surface area (Å²) in [6, 6.07) is 1.27. The van der Waals surface area contributed by atoms with Crippen LogP contribution in [0.5, 0.6) is 0 Å². The van der Waals surface area contributed by atoms with Gasteiger partial charge in [-0.15, -0.1) is 0 Å². The van der Waals surface area contributed by atoms with Crippen LogP contribution in [0.3, 0.4) is 0 Å². The van der Waals surface area contributed by atoms with Crippen LogP contribution in [0.4, 0.5) is 0 Å². The summed E-state index contributed by atoms with van der Waals surface area (Å²) in [5.41, 5.74) is 0. The number of aliphatic hydroxyl groups is 11. The zero-order valence-electron chi connectivity index (χ0n) is 85.8. The van der Waals surface area contributed by atoms with Gasteiger partial charge in [-0.3, -0.25) is 19.6 Å². The maximum Gasteiger partial charge on any atom is 0.101 e. The molecule has 4 saturated heterocycles. The number of hydrogen-bond donors (Lipinski definition) is 11. The largest absolute Gasteiger partial charge is 0.395 e. The Morgan fingerprint density at radius 3 is 0.835 bits per heavy atom. The molecule has 4 aliphatic heterocycles. The van der Waals surface area contributed by atoms with Gasteiger partial charge in [-0.05, 0) is 109 Å². The van der Waals surface area contributed by atoms with Gasteiger partial charge in [0.25, 0.3) is 0 Å². The van der Waals surface area contributed by atoms with Gasteiger partial charge < -0.3 is 162 Å². The molecule has 127 heavy (non-hydrogen) atoms. The monoisotopic (exact) mass is 1860 g/mol. The molecule has 4 fully saturated rings. The van der Waals surface area contributed by atoms with Crippen LogP contribution in [0, 0.1) is 0 Å². The van der Waals surface area contributed by atoms with E-state index < -0.39 is 18.3 Å². The van der Waals surface area contributed by atoms with E-state index in [2.05, 4.69) is 95.3 Å². The molecule has 9 atom stereocenters. The number of rotatable bonds is 63. The van der Waals surface area contributed by atoms with E-state index in [1.54, 1.807) is 21.3 Å². The van der Waals surface area contributed by atoms with Gasteiger partial charge in [-0.2, -0.15) is 0 Å². The fraction of sp³-hybridized carbons (Fsp3) is 1.00. The van der Waals surface area contributed by atoms with Crippen LogP contribution in [0.1, 0.15) is 109 Å². The van der Waals surface area contributed by atoms with Crippen molar-refractivity contribution >= 4 is 0 Å². The molecule has 778 valence electrons. The maximum absolute atomic E-state index is 9.41. The van der Waals surface area contributed by atoms with Crippen molar-refractivity contribution in [3.8, 4) is 0 Å². The maximum atomic E-state index is 9.41. The summed E-state index contributed by atoms with van der Waals surface area (Å²) in [5, 5.41) is 97.9. The first-order valence-corrected chi connectivity index (χ1v) is 47.4. The third kappa shape index (κ3) is 103. The van der Waals surface area contributed by atoms with Crippen molar-refractivity contribution in [3.63, 3.8) is 0 Å². The highest BCUT2D eigenvalue weighted by Gasteiger charge is 2.25. The molecule has 0 aromatic rings. The molecule has 0 aromatic heterocycles. The molecule has 0 radical (unpaired) electrons. The molecule has 0 amide bonds. The predicted molar refractivity (Wildman–Crippen MR) is 512 cm³/mol. The molecule has 4 aliphatic rings. The number of morpholine rings is 4. The van der Waals surface area contributed by atoms with E-state index in [0.717, 1.165) is 190 Å². The van der Waals surface area contributed by atoms with E-state index >= 15 is 0 Å². The number of hydrogen-bond acceptors (Lipinski definition) is 37. The Kier molecular flexibility index (Phi) is 126. The summed E-state index contributed by atoms with van der Waals surface area (Å²) in [6.45, 7) is 57.7. The minimum Gasteiger partial charge on any atom is -0.395 e. The van der Waals surface area contributed by atoms with Gasteiger partial charge in [0.05, 0.1) is 254 Å². The summed E-state index contributed by atoms with van der Waals surface area (Å²) < 4.78 is 79.5. The molecule has 9 unspecified atom stereocenters. The van der Waals surface area contributed by atoms with Gasteiger partial charge in [0.2, 0.25) is 0 Å². The first-order chi connectivity index (χ1) is 61.3. The van der Waals surface area contributed by atoms with Crippen molar-refractivity contribution < 1.29 is 127 Å². The Labute approximate surface area is 775 Å². The minimum absolute atomic E-state index is 0.135. The first kappa shape index (κ1) is 141. The smallest absolute Gasteiger partial charge is 0.101 e. The number of likely N-dealkylation sites (N-methyl/N-ethyl adjacent to an activating group) is 10. The second-order valence-corrected chi connectivity index (χ2v) is 30.4. The minimum atomic E-state index is -0.789. The van der Waals surface area contributed by atoms with Crippen LogP contribution >= 0.6 is 0 Å². The predicted octanol–water partition coefficient (Wildman–Crippen LogP) is 0.682. The van der Waals surface area contributed by atoms with Gasteiger partial charge in [0, 0.05) is 133 Å². The zero-order chi connectivity index (χ0) is 97.8. The van der Waals surface area contributed by atoms with Crippen LogP contribution < -0.4 is 0 Å². The normalized spacial score (nSPS) is 17.8. The van der Waals surface area contributed by atoms with Crippen molar-refractivity contribution in [1.82, 2.24) is 53.9 Å². The topological polar surface area (TPSA) is 397 Å². The zero-order valence-corrected chi connectivity index (χ0v) is 85.8. The van der Waals surface area contributed by atoms with E-state index in [-0.39, 0.29) is 77.7 Å². The van der Waals surface area contributed by atoms with Crippen molar-refractivity contribution in [1.29, 1.82) is 0 Å². The Bertz CT molecular complexity index is 1940. The number of ether oxygens (including phenoxy) is 15. The quantitative estimate of drug-likeness (QED) is 0.0373. The highest BCUT2D eigenvalue weighted by Crippen LogP contribution is 2.10. The lowest BCUT2D eigenvalue weighted by Crippen LogP contribution is -2.49. The van der Waals surface area contributed by atoms with Gasteiger partial charge in [0.1, 0.15) is 18.3 Å². The van der Waals surface area contributed by atoms with Crippen LogP contribution in [-0.4, -0.2) is 599 Å². The van der Waals surface area contributed by atoms with Crippen LogP contribution in [0.25, 0.3) is 0 Å². The SMILES string of the molecule is CC.CC.CC.CC.CCC(O)COCCN(C)CCO.CCC(O)COCCN(C)CCOCC1COCCN1C.CCCN(C)CCOCC1COCCN1C.CCCN(C)CCOCCN(C)CCO.CN(CCO)CCOCC(O)CO.COCC(O)COCC1COCCN1C.COCC(O)COCC1COCCN1CCO.COCCN(C)CCO. The van der Waals surface area contributed by atoms with Crippen molar-refractivity contribution in [2.24, 2.45) is 0 Å². The Hall–Kier alpha value is -1.48. The summed E-state index contributed by atoms with van der Waals surface area (Å²) >= 11 is 0. The summed E-state index contributed by atoms with van der Waals surface area (Å²) in [6.07, 6.45) is 1.27. The molecule has 0 spiro atoms. The van der Waals surface area contributed by atoms with Gasteiger partial charge in [-0.25, -0.2) is 0 Å². The Balaban J connectivity index is -0.000000211. The summed E-state index contributed by atoms with van der Waals surface area (Å²) in [4.78, 5) is 23.7. The van der Waals surface area contributed by atoms with Crippen LogP contribution in [0.2, 0.25) is 0 Å². The molecular weight excluding hydrogens is 1650 g/mol. The molecule has 4 heterocycles.